The molecule has 1 atom stereocenters. The first kappa shape index (κ1) is 8.56. The van der Waals surface area contributed by atoms with Gasteiger partial charge < -0.3 is 10.2 Å². The Balaban J connectivity index is 3.13. The molecule has 0 heterocycles. The smallest absolute Gasteiger partial charge is 0.121 e. The topological polar surface area (TPSA) is 40.5 Å². The van der Waals surface area contributed by atoms with E-state index in [-0.39, 0.29) is 5.75 Å². The minimum Gasteiger partial charge on any atom is -0.508 e. The van der Waals surface area contributed by atoms with Crippen LogP contribution in [-0.4, -0.2) is 10.2 Å². The zero-order valence-corrected chi connectivity index (χ0v) is 7.67. The number of phenolic OH excluding ortho intramolecular Hbond substituents is 1. The Morgan fingerprint density at radius 2 is 2.09 bits per heavy atom. The summed E-state index contributed by atoms with van der Waals surface area (Å²) in [5.74, 6) is 0.128. The molecule has 2 N–H and O–H groups in total. The molecule has 0 unspecified atom stereocenters. The molecular formula is C8H9BrO2. The van der Waals surface area contributed by atoms with Gasteiger partial charge in [0, 0.05) is 10.0 Å². The van der Waals surface area contributed by atoms with E-state index in [4.69, 9.17) is 5.11 Å². The number of rotatable bonds is 1. The van der Waals surface area contributed by atoms with E-state index in [2.05, 4.69) is 15.9 Å². The summed E-state index contributed by atoms with van der Waals surface area (Å²) in [5, 5.41) is 18.4. The fraction of sp³-hybridized carbons (Fsp3) is 0.250. The lowest BCUT2D eigenvalue weighted by Gasteiger charge is -2.06. The van der Waals surface area contributed by atoms with Gasteiger partial charge in [0.2, 0.25) is 0 Å². The molecule has 0 saturated heterocycles. The third-order valence-corrected chi connectivity index (χ3v) is 1.93. The molecule has 3 heteroatoms. The van der Waals surface area contributed by atoms with Gasteiger partial charge in [-0.3, -0.25) is 0 Å². The van der Waals surface area contributed by atoms with E-state index in [0.717, 1.165) is 4.47 Å². The maximum absolute atomic E-state index is 9.22. The van der Waals surface area contributed by atoms with Crippen LogP contribution in [-0.2, 0) is 0 Å². The highest BCUT2D eigenvalue weighted by molar-refractivity contribution is 9.10. The van der Waals surface area contributed by atoms with Gasteiger partial charge in [0.1, 0.15) is 5.75 Å². The van der Waals surface area contributed by atoms with E-state index in [1.807, 2.05) is 0 Å². The van der Waals surface area contributed by atoms with Crippen molar-refractivity contribution in [2.45, 2.75) is 13.0 Å². The van der Waals surface area contributed by atoms with Crippen molar-refractivity contribution in [3.8, 4) is 5.75 Å². The Morgan fingerprint density at radius 1 is 1.45 bits per heavy atom. The molecular weight excluding hydrogens is 208 g/mol. The fourth-order valence-corrected chi connectivity index (χ4v) is 1.24. The van der Waals surface area contributed by atoms with Gasteiger partial charge >= 0.3 is 0 Å². The van der Waals surface area contributed by atoms with Gasteiger partial charge in [0.05, 0.1) is 6.10 Å². The zero-order valence-electron chi connectivity index (χ0n) is 6.08. The monoisotopic (exact) mass is 216 g/mol. The van der Waals surface area contributed by atoms with E-state index in [1.165, 1.54) is 0 Å². The number of aromatic hydroxyl groups is 1. The first-order valence-corrected chi connectivity index (χ1v) is 4.07. The number of phenols is 1. The Labute approximate surface area is 73.6 Å². The highest BCUT2D eigenvalue weighted by Gasteiger charge is 2.06. The molecule has 0 aliphatic carbocycles. The van der Waals surface area contributed by atoms with Crippen molar-refractivity contribution in [3.63, 3.8) is 0 Å². The number of benzene rings is 1. The largest absolute Gasteiger partial charge is 0.508 e. The summed E-state index contributed by atoms with van der Waals surface area (Å²) in [6.45, 7) is 1.61. The normalized spacial score (nSPS) is 13.0. The molecule has 0 aliphatic rings. The zero-order chi connectivity index (χ0) is 8.43. The second kappa shape index (κ2) is 3.24. The summed E-state index contributed by atoms with van der Waals surface area (Å²) in [4.78, 5) is 0. The SMILES string of the molecule is C[C@H](O)c1cc(Br)ccc1O. The van der Waals surface area contributed by atoms with Crippen molar-refractivity contribution in [2.24, 2.45) is 0 Å². The molecule has 0 amide bonds. The number of hydrogen-bond acceptors (Lipinski definition) is 2. The van der Waals surface area contributed by atoms with Gasteiger partial charge in [-0.25, -0.2) is 0 Å². The van der Waals surface area contributed by atoms with Crippen LogP contribution in [0.25, 0.3) is 0 Å². The summed E-state index contributed by atoms with van der Waals surface area (Å²) in [6.07, 6.45) is -0.632. The molecule has 1 aromatic carbocycles. The lowest BCUT2D eigenvalue weighted by atomic mass is 10.1. The van der Waals surface area contributed by atoms with Crippen LogP contribution in [0.5, 0.6) is 5.75 Å². The van der Waals surface area contributed by atoms with Gasteiger partial charge in [-0.1, -0.05) is 15.9 Å². The van der Waals surface area contributed by atoms with Gasteiger partial charge in [-0.05, 0) is 25.1 Å². The second-order valence-electron chi connectivity index (χ2n) is 2.38. The van der Waals surface area contributed by atoms with Crippen LogP contribution in [0.1, 0.15) is 18.6 Å². The average Bonchev–Trinajstić information content (AvgIpc) is 1.94. The maximum Gasteiger partial charge on any atom is 0.121 e. The van der Waals surface area contributed by atoms with Crippen LogP contribution in [0.15, 0.2) is 22.7 Å². The molecule has 0 fully saturated rings. The van der Waals surface area contributed by atoms with Gasteiger partial charge in [-0.15, -0.1) is 0 Å². The molecule has 1 rings (SSSR count). The Hall–Kier alpha value is -0.540. The van der Waals surface area contributed by atoms with E-state index >= 15 is 0 Å². The average molecular weight is 217 g/mol. The number of aliphatic hydroxyl groups excluding tert-OH is 1. The molecule has 0 bridgehead atoms. The quantitative estimate of drug-likeness (QED) is 0.756. The highest BCUT2D eigenvalue weighted by Crippen LogP contribution is 2.26. The third kappa shape index (κ3) is 1.94. The van der Waals surface area contributed by atoms with E-state index in [9.17, 15) is 5.11 Å². The van der Waals surface area contributed by atoms with Crippen molar-refractivity contribution in [1.29, 1.82) is 0 Å². The van der Waals surface area contributed by atoms with Gasteiger partial charge in [0.15, 0.2) is 0 Å². The minimum atomic E-state index is -0.632. The molecule has 0 saturated carbocycles. The lowest BCUT2D eigenvalue weighted by molar-refractivity contribution is 0.195. The van der Waals surface area contributed by atoms with Crippen molar-refractivity contribution < 1.29 is 10.2 Å². The summed E-state index contributed by atoms with van der Waals surface area (Å²) < 4.78 is 0.853. The number of hydrogen-bond donors (Lipinski definition) is 2. The molecule has 2 nitrogen and oxygen atoms in total. The van der Waals surface area contributed by atoms with Crippen molar-refractivity contribution in [3.05, 3.63) is 28.2 Å². The first-order chi connectivity index (χ1) is 5.11. The molecule has 0 aliphatic heterocycles. The van der Waals surface area contributed by atoms with Crippen molar-refractivity contribution in [1.82, 2.24) is 0 Å². The van der Waals surface area contributed by atoms with Crippen LogP contribution in [0.4, 0.5) is 0 Å². The standard InChI is InChI=1S/C8H9BrO2/c1-5(10)7-4-6(9)2-3-8(7)11/h2-5,10-11H,1H3/t5-/m0/s1. The Bertz CT molecular complexity index is 258. The molecule has 0 aromatic heterocycles. The summed E-state index contributed by atoms with van der Waals surface area (Å²) in [5.41, 5.74) is 0.541. The van der Waals surface area contributed by atoms with E-state index < -0.39 is 6.10 Å². The Morgan fingerprint density at radius 3 is 2.55 bits per heavy atom. The predicted molar refractivity (Wildman–Crippen MR) is 46.4 cm³/mol. The molecule has 11 heavy (non-hydrogen) atoms. The van der Waals surface area contributed by atoms with Crippen LogP contribution in [0, 0.1) is 0 Å². The van der Waals surface area contributed by atoms with Gasteiger partial charge in [-0.2, -0.15) is 0 Å². The maximum atomic E-state index is 9.22. The van der Waals surface area contributed by atoms with E-state index in [1.54, 1.807) is 25.1 Å². The Kier molecular flexibility index (Phi) is 2.52. The van der Waals surface area contributed by atoms with Crippen LogP contribution in [0.3, 0.4) is 0 Å². The van der Waals surface area contributed by atoms with E-state index in [0.29, 0.717) is 5.56 Å². The summed E-state index contributed by atoms with van der Waals surface area (Å²) >= 11 is 3.24. The van der Waals surface area contributed by atoms with Gasteiger partial charge in [0.25, 0.3) is 0 Å². The predicted octanol–water partition coefficient (Wildman–Crippen LogP) is 2.21. The third-order valence-electron chi connectivity index (χ3n) is 1.44. The molecule has 60 valence electrons. The molecule has 0 spiro atoms. The number of halogens is 1. The summed E-state index contributed by atoms with van der Waals surface area (Å²) in [7, 11) is 0. The van der Waals surface area contributed by atoms with Crippen LogP contribution < -0.4 is 0 Å². The first-order valence-electron chi connectivity index (χ1n) is 3.27. The molecule has 1 aromatic rings. The second-order valence-corrected chi connectivity index (χ2v) is 3.29. The van der Waals surface area contributed by atoms with Crippen molar-refractivity contribution in [2.75, 3.05) is 0 Å². The highest BCUT2D eigenvalue weighted by atomic mass is 79.9. The summed E-state index contributed by atoms with van der Waals surface area (Å²) in [6, 6.07) is 4.97. The van der Waals surface area contributed by atoms with Crippen LogP contribution >= 0.6 is 15.9 Å². The number of aliphatic hydroxyl groups is 1. The lowest BCUT2D eigenvalue weighted by Crippen LogP contribution is -1.90. The minimum absolute atomic E-state index is 0.128. The van der Waals surface area contributed by atoms with Crippen LogP contribution in [0.2, 0.25) is 0 Å². The fourth-order valence-electron chi connectivity index (χ4n) is 0.860. The molecule has 0 radical (unpaired) electrons. The van der Waals surface area contributed by atoms with Crippen molar-refractivity contribution >= 4 is 15.9 Å².